The van der Waals surface area contributed by atoms with Crippen LogP contribution in [0.25, 0.3) is 0 Å². The molecule has 3 nitrogen and oxygen atoms in total. The van der Waals surface area contributed by atoms with Crippen LogP contribution in [-0.4, -0.2) is 40.0 Å². The summed E-state index contributed by atoms with van der Waals surface area (Å²) in [6.07, 6.45) is 2.37. The molecule has 0 spiro atoms. The molecular formula is C13H29NO2. The van der Waals surface area contributed by atoms with Gasteiger partial charge in [0.05, 0.1) is 13.2 Å². The molecule has 98 valence electrons. The first kappa shape index (κ1) is 15.9. The maximum atomic E-state index is 5.47. The summed E-state index contributed by atoms with van der Waals surface area (Å²) in [5, 5.41) is 3.35. The lowest BCUT2D eigenvalue weighted by molar-refractivity contribution is 0.0654. The maximum absolute atomic E-state index is 5.47. The van der Waals surface area contributed by atoms with E-state index in [9.17, 15) is 0 Å². The first-order chi connectivity index (χ1) is 7.63. The Kier molecular flexibility index (Phi) is 9.99. The van der Waals surface area contributed by atoms with Gasteiger partial charge in [-0.05, 0) is 38.6 Å². The van der Waals surface area contributed by atoms with Crippen LogP contribution in [0.4, 0.5) is 0 Å². The smallest absolute Gasteiger partial charge is 0.0700 e. The molecule has 0 amide bonds. The van der Waals surface area contributed by atoms with Crippen LogP contribution in [0.15, 0.2) is 0 Å². The van der Waals surface area contributed by atoms with Crippen molar-refractivity contribution in [1.29, 1.82) is 0 Å². The first-order valence-electron chi connectivity index (χ1n) is 6.37. The van der Waals surface area contributed by atoms with E-state index in [2.05, 4.69) is 26.1 Å². The average molecular weight is 231 g/mol. The van der Waals surface area contributed by atoms with E-state index in [1.54, 1.807) is 7.11 Å². The molecule has 0 aliphatic rings. The van der Waals surface area contributed by atoms with Gasteiger partial charge in [-0.2, -0.15) is 0 Å². The third kappa shape index (κ3) is 7.20. The molecule has 0 bridgehead atoms. The molecule has 2 atom stereocenters. The molecule has 0 fully saturated rings. The number of nitrogens with one attached hydrogen (secondary N) is 1. The van der Waals surface area contributed by atoms with Crippen LogP contribution in [0.5, 0.6) is 0 Å². The summed E-state index contributed by atoms with van der Waals surface area (Å²) in [6.45, 7) is 9.11. The van der Waals surface area contributed by atoms with Crippen molar-refractivity contribution in [3.63, 3.8) is 0 Å². The Morgan fingerprint density at radius 3 is 2.25 bits per heavy atom. The van der Waals surface area contributed by atoms with Crippen molar-refractivity contribution in [3.8, 4) is 0 Å². The van der Waals surface area contributed by atoms with Gasteiger partial charge in [-0.1, -0.05) is 13.8 Å². The molecule has 0 aromatic rings. The van der Waals surface area contributed by atoms with Gasteiger partial charge in [0.25, 0.3) is 0 Å². The zero-order valence-electron chi connectivity index (χ0n) is 11.6. The molecule has 0 aromatic carbocycles. The third-order valence-corrected chi connectivity index (χ3v) is 3.21. The molecule has 1 N–H and O–H groups in total. The van der Waals surface area contributed by atoms with Crippen molar-refractivity contribution in [2.45, 2.75) is 39.7 Å². The van der Waals surface area contributed by atoms with E-state index in [4.69, 9.17) is 9.47 Å². The lowest BCUT2D eigenvalue weighted by Gasteiger charge is -2.27. The third-order valence-electron chi connectivity index (χ3n) is 3.21. The minimum absolute atomic E-state index is 0.582. The Hall–Kier alpha value is -0.120. The lowest BCUT2D eigenvalue weighted by atomic mass is 9.85. The van der Waals surface area contributed by atoms with Crippen molar-refractivity contribution in [3.05, 3.63) is 0 Å². The van der Waals surface area contributed by atoms with Crippen LogP contribution in [0, 0.1) is 11.8 Å². The fourth-order valence-electron chi connectivity index (χ4n) is 2.04. The normalized spacial score (nSPS) is 15.4. The summed E-state index contributed by atoms with van der Waals surface area (Å²) in [4.78, 5) is 0. The molecular weight excluding hydrogens is 202 g/mol. The Morgan fingerprint density at radius 2 is 1.75 bits per heavy atom. The van der Waals surface area contributed by atoms with E-state index >= 15 is 0 Å². The minimum atomic E-state index is 0.582. The van der Waals surface area contributed by atoms with Gasteiger partial charge in [0.1, 0.15) is 0 Å². The van der Waals surface area contributed by atoms with Gasteiger partial charge in [0, 0.05) is 19.8 Å². The molecule has 0 heterocycles. The summed E-state index contributed by atoms with van der Waals surface area (Å²) < 4.78 is 10.4. The summed E-state index contributed by atoms with van der Waals surface area (Å²) in [6, 6.07) is 0.582. The SMILES string of the molecule is CNC(C)C(CCCOCCOC)C(C)C. The summed E-state index contributed by atoms with van der Waals surface area (Å²) in [5.41, 5.74) is 0. The number of ether oxygens (including phenoxy) is 2. The van der Waals surface area contributed by atoms with Gasteiger partial charge in [0.2, 0.25) is 0 Å². The maximum Gasteiger partial charge on any atom is 0.0700 e. The second kappa shape index (κ2) is 10.1. The Balaban J connectivity index is 3.61. The highest BCUT2D eigenvalue weighted by Gasteiger charge is 2.18. The van der Waals surface area contributed by atoms with Crippen molar-refractivity contribution in [2.24, 2.45) is 11.8 Å². The van der Waals surface area contributed by atoms with Gasteiger partial charge in [-0.3, -0.25) is 0 Å². The largest absolute Gasteiger partial charge is 0.382 e. The molecule has 0 saturated carbocycles. The second-order valence-electron chi connectivity index (χ2n) is 4.73. The van der Waals surface area contributed by atoms with E-state index < -0.39 is 0 Å². The Labute approximate surface area is 101 Å². The number of hydrogen-bond acceptors (Lipinski definition) is 3. The fraction of sp³-hybridized carbons (Fsp3) is 1.00. The first-order valence-corrected chi connectivity index (χ1v) is 6.37. The van der Waals surface area contributed by atoms with Gasteiger partial charge in [0.15, 0.2) is 0 Å². The predicted molar refractivity (Wildman–Crippen MR) is 68.8 cm³/mol. The monoisotopic (exact) mass is 231 g/mol. The predicted octanol–water partition coefficient (Wildman–Crippen LogP) is 2.31. The minimum Gasteiger partial charge on any atom is -0.382 e. The topological polar surface area (TPSA) is 30.5 Å². The highest BCUT2D eigenvalue weighted by molar-refractivity contribution is 4.73. The molecule has 16 heavy (non-hydrogen) atoms. The second-order valence-corrected chi connectivity index (χ2v) is 4.73. The highest BCUT2D eigenvalue weighted by atomic mass is 16.5. The van der Waals surface area contributed by atoms with E-state index in [0.29, 0.717) is 19.3 Å². The molecule has 3 heteroatoms. The standard InChI is InChI=1S/C13H29NO2/c1-11(2)13(12(3)14-4)7-6-8-16-10-9-15-5/h11-14H,6-10H2,1-5H3. The number of hydrogen-bond donors (Lipinski definition) is 1. The average Bonchev–Trinajstić information content (AvgIpc) is 2.26. The van der Waals surface area contributed by atoms with Crippen molar-refractivity contribution in [1.82, 2.24) is 5.32 Å². The molecule has 0 radical (unpaired) electrons. The number of methoxy groups -OCH3 is 1. The van der Waals surface area contributed by atoms with Crippen LogP contribution < -0.4 is 5.32 Å². The Bertz CT molecular complexity index is 151. The lowest BCUT2D eigenvalue weighted by Crippen LogP contribution is -2.33. The van der Waals surface area contributed by atoms with E-state index in [-0.39, 0.29) is 0 Å². The molecule has 0 saturated heterocycles. The quantitative estimate of drug-likeness (QED) is 0.585. The van der Waals surface area contributed by atoms with Gasteiger partial charge >= 0.3 is 0 Å². The molecule has 0 aromatic heterocycles. The van der Waals surface area contributed by atoms with Gasteiger partial charge in [-0.25, -0.2) is 0 Å². The van der Waals surface area contributed by atoms with Crippen LogP contribution >= 0.6 is 0 Å². The zero-order chi connectivity index (χ0) is 12.4. The van der Waals surface area contributed by atoms with Crippen LogP contribution in [0.1, 0.15) is 33.6 Å². The van der Waals surface area contributed by atoms with Crippen molar-refractivity contribution in [2.75, 3.05) is 34.0 Å². The molecule has 2 unspecified atom stereocenters. The highest BCUT2D eigenvalue weighted by Crippen LogP contribution is 2.20. The van der Waals surface area contributed by atoms with Gasteiger partial charge in [-0.15, -0.1) is 0 Å². The zero-order valence-corrected chi connectivity index (χ0v) is 11.6. The molecule has 0 aliphatic heterocycles. The van der Waals surface area contributed by atoms with Crippen LogP contribution in [0.2, 0.25) is 0 Å². The molecule has 0 rings (SSSR count). The van der Waals surface area contributed by atoms with Crippen LogP contribution in [0.3, 0.4) is 0 Å². The van der Waals surface area contributed by atoms with Crippen LogP contribution in [-0.2, 0) is 9.47 Å². The van der Waals surface area contributed by atoms with E-state index in [0.717, 1.165) is 24.9 Å². The Morgan fingerprint density at radius 1 is 1.06 bits per heavy atom. The summed E-state index contributed by atoms with van der Waals surface area (Å²) in [7, 11) is 3.74. The fourth-order valence-corrected chi connectivity index (χ4v) is 2.04. The van der Waals surface area contributed by atoms with E-state index in [1.165, 1.54) is 6.42 Å². The summed E-state index contributed by atoms with van der Waals surface area (Å²) >= 11 is 0. The van der Waals surface area contributed by atoms with E-state index in [1.807, 2.05) is 7.05 Å². The molecule has 0 aliphatic carbocycles. The van der Waals surface area contributed by atoms with Gasteiger partial charge < -0.3 is 14.8 Å². The van der Waals surface area contributed by atoms with Crippen molar-refractivity contribution < 1.29 is 9.47 Å². The summed E-state index contributed by atoms with van der Waals surface area (Å²) in [5.74, 6) is 1.46. The van der Waals surface area contributed by atoms with Crippen molar-refractivity contribution >= 4 is 0 Å². The number of rotatable bonds is 10.